The number of Topliss-reactive ketones (excluding diaryl/α,β-unsaturated/α-hetero) is 1. The minimum absolute atomic E-state index is 0.0105. The Morgan fingerprint density at radius 3 is 2.23 bits per heavy atom. The van der Waals surface area contributed by atoms with E-state index in [9.17, 15) is 19.1 Å². The summed E-state index contributed by atoms with van der Waals surface area (Å²) >= 11 is 0. The highest BCUT2D eigenvalue weighted by Gasteiger charge is 2.46. The number of aliphatic hydroxyl groups is 1. The maximum absolute atomic E-state index is 13.3. The predicted octanol–water partition coefficient (Wildman–Crippen LogP) is 2.18. The van der Waals surface area contributed by atoms with Crippen molar-refractivity contribution < 1.29 is 28.7 Å². The molecular weight excluding hydrogens is 399 g/mol. The highest BCUT2D eigenvalue weighted by molar-refractivity contribution is 6.46. The smallest absolute Gasteiger partial charge is 0.295 e. The van der Waals surface area contributed by atoms with Crippen LogP contribution in [0, 0.1) is 5.82 Å². The standard InChI is InChI=1S/C24H27FN2O4/c1-4-26(5-2)14-15-27-21(16-8-12-19(31-3)13-9-16)20(23(29)24(27)30)22(28)17-6-10-18(25)11-7-17/h6-13,21,28H,4-5,14-15H2,1-3H3/p+1/t21-/m0/s1. The summed E-state index contributed by atoms with van der Waals surface area (Å²) in [5.74, 6) is -1.50. The zero-order chi connectivity index (χ0) is 22.5. The van der Waals surface area contributed by atoms with E-state index in [-0.39, 0.29) is 16.9 Å². The summed E-state index contributed by atoms with van der Waals surface area (Å²) in [5, 5.41) is 10.9. The van der Waals surface area contributed by atoms with Crippen molar-refractivity contribution >= 4 is 17.4 Å². The third kappa shape index (κ3) is 4.61. The molecule has 0 spiro atoms. The van der Waals surface area contributed by atoms with E-state index in [4.69, 9.17) is 4.74 Å². The van der Waals surface area contributed by atoms with Crippen molar-refractivity contribution in [3.8, 4) is 5.75 Å². The van der Waals surface area contributed by atoms with Gasteiger partial charge < -0.3 is 19.6 Å². The second-order valence-electron chi connectivity index (χ2n) is 7.48. The number of amides is 1. The molecule has 2 N–H and O–H groups in total. The third-order valence-corrected chi connectivity index (χ3v) is 5.80. The Morgan fingerprint density at radius 2 is 1.68 bits per heavy atom. The highest BCUT2D eigenvalue weighted by Crippen LogP contribution is 2.39. The van der Waals surface area contributed by atoms with Crippen molar-refractivity contribution in [2.75, 3.05) is 33.3 Å². The summed E-state index contributed by atoms with van der Waals surface area (Å²) in [4.78, 5) is 28.7. The van der Waals surface area contributed by atoms with E-state index in [0.717, 1.165) is 13.1 Å². The van der Waals surface area contributed by atoms with Gasteiger partial charge in [0.1, 0.15) is 17.3 Å². The van der Waals surface area contributed by atoms with Gasteiger partial charge >= 0.3 is 0 Å². The fourth-order valence-corrected chi connectivity index (χ4v) is 3.89. The maximum Gasteiger partial charge on any atom is 0.295 e. The summed E-state index contributed by atoms with van der Waals surface area (Å²) in [6, 6.07) is 11.5. The first kappa shape index (κ1) is 22.5. The van der Waals surface area contributed by atoms with E-state index >= 15 is 0 Å². The molecule has 1 amide bonds. The summed E-state index contributed by atoms with van der Waals surface area (Å²) < 4.78 is 18.6. The van der Waals surface area contributed by atoms with Gasteiger partial charge in [0, 0.05) is 5.56 Å². The van der Waals surface area contributed by atoms with Crippen molar-refractivity contribution in [1.29, 1.82) is 0 Å². The van der Waals surface area contributed by atoms with Gasteiger partial charge in [-0.25, -0.2) is 4.39 Å². The molecule has 0 saturated carbocycles. The minimum atomic E-state index is -0.739. The lowest BCUT2D eigenvalue weighted by Crippen LogP contribution is -3.12. The van der Waals surface area contributed by atoms with Crippen molar-refractivity contribution in [3.63, 3.8) is 0 Å². The molecule has 1 heterocycles. The number of nitrogens with one attached hydrogen (secondary N) is 1. The van der Waals surface area contributed by atoms with Gasteiger partial charge in [-0.05, 0) is 55.8 Å². The van der Waals surface area contributed by atoms with Gasteiger partial charge in [-0.15, -0.1) is 0 Å². The maximum atomic E-state index is 13.3. The predicted molar refractivity (Wildman–Crippen MR) is 115 cm³/mol. The average molecular weight is 427 g/mol. The monoisotopic (exact) mass is 427 g/mol. The molecule has 31 heavy (non-hydrogen) atoms. The molecule has 1 fully saturated rings. The molecule has 0 aromatic heterocycles. The number of likely N-dealkylation sites (N-methyl/N-ethyl adjacent to an activating group) is 1. The molecule has 0 aliphatic carbocycles. The molecule has 7 heteroatoms. The lowest BCUT2D eigenvalue weighted by Gasteiger charge is -2.27. The zero-order valence-corrected chi connectivity index (χ0v) is 18.0. The third-order valence-electron chi connectivity index (χ3n) is 5.80. The van der Waals surface area contributed by atoms with Crippen molar-refractivity contribution in [2.45, 2.75) is 19.9 Å². The normalized spacial score (nSPS) is 18.1. The first-order valence-corrected chi connectivity index (χ1v) is 10.4. The number of aliphatic hydroxyl groups excluding tert-OH is 1. The summed E-state index contributed by atoms with van der Waals surface area (Å²) in [7, 11) is 1.56. The van der Waals surface area contributed by atoms with E-state index in [1.807, 2.05) is 0 Å². The Balaban J connectivity index is 2.08. The van der Waals surface area contributed by atoms with Crippen LogP contribution in [0.4, 0.5) is 4.39 Å². The lowest BCUT2D eigenvalue weighted by molar-refractivity contribution is -0.895. The number of hydrogen-bond donors (Lipinski definition) is 2. The fraction of sp³-hybridized carbons (Fsp3) is 0.333. The van der Waals surface area contributed by atoms with Crippen molar-refractivity contribution in [3.05, 3.63) is 71.0 Å². The summed E-state index contributed by atoms with van der Waals surface area (Å²) in [6.45, 7) is 7.01. The molecule has 1 atom stereocenters. The van der Waals surface area contributed by atoms with Crippen LogP contribution in [-0.4, -0.2) is 55.0 Å². The lowest BCUT2D eigenvalue weighted by atomic mass is 9.95. The SMILES string of the molecule is CC[NH+](CC)CCN1C(=O)C(=O)C(=C(O)c2ccc(F)cc2)[C@@H]1c1ccc(OC)cc1. The summed E-state index contributed by atoms with van der Waals surface area (Å²) in [6.07, 6.45) is 0. The van der Waals surface area contributed by atoms with Gasteiger partial charge in [0.15, 0.2) is 0 Å². The van der Waals surface area contributed by atoms with Gasteiger partial charge in [0.05, 0.1) is 44.9 Å². The van der Waals surface area contributed by atoms with Gasteiger partial charge in [0.25, 0.3) is 11.7 Å². The number of ketones is 1. The van der Waals surface area contributed by atoms with Crippen LogP contribution in [0.25, 0.3) is 5.76 Å². The second-order valence-corrected chi connectivity index (χ2v) is 7.48. The molecule has 1 aliphatic heterocycles. The van der Waals surface area contributed by atoms with Crippen molar-refractivity contribution in [1.82, 2.24) is 4.90 Å². The largest absolute Gasteiger partial charge is 0.507 e. The van der Waals surface area contributed by atoms with Crippen LogP contribution in [0.2, 0.25) is 0 Å². The molecule has 164 valence electrons. The number of ether oxygens (including phenoxy) is 1. The van der Waals surface area contributed by atoms with Crippen LogP contribution in [-0.2, 0) is 9.59 Å². The number of nitrogens with zero attached hydrogens (tertiary/aromatic N) is 1. The van der Waals surface area contributed by atoms with Gasteiger partial charge in [0.2, 0.25) is 0 Å². The molecule has 2 aromatic rings. The van der Waals surface area contributed by atoms with Crippen LogP contribution in [0.5, 0.6) is 5.75 Å². The first-order valence-electron chi connectivity index (χ1n) is 10.4. The second kappa shape index (κ2) is 9.75. The molecule has 0 radical (unpaired) electrons. The molecule has 6 nitrogen and oxygen atoms in total. The number of rotatable bonds is 8. The van der Waals surface area contributed by atoms with E-state index in [0.29, 0.717) is 24.4 Å². The topological polar surface area (TPSA) is 71.3 Å². The first-order chi connectivity index (χ1) is 14.9. The van der Waals surface area contributed by atoms with Crippen LogP contribution in [0.3, 0.4) is 0 Å². The molecule has 1 saturated heterocycles. The van der Waals surface area contributed by atoms with Gasteiger partial charge in [-0.2, -0.15) is 0 Å². The molecular formula is C24H28FN2O4+. The Hall–Kier alpha value is -3.19. The minimum Gasteiger partial charge on any atom is -0.507 e. The van der Waals surface area contributed by atoms with Crippen LogP contribution >= 0.6 is 0 Å². The number of methoxy groups -OCH3 is 1. The Bertz CT molecular complexity index is 966. The Morgan fingerprint density at radius 1 is 1.06 bits per heavy atom. The number of likely N-dealkylation sites (tertiary alicyclic amines) is 1. The Kier molecular flexibility index (Phi) is 7.07. The van der Waals surface area contributed by atoms with Crippen LogP contribution < -0.4 is 9.64 Å². The quantitative estimate of drug-likeness (QED) is 0.385. The number of benzene rings is 2. The van der Waals surface area contributed by atoms with E-state index in [1.54, 1.807) is 31.4 Å². The zero-order valence-electron chi connectivity index (χ0n) is 18.0. The van der Waals surface area contributed by atoms with E-state index in [2.05, 4.69) is 13.8 Å². The average Bonchev–Trinajstić information content (AvgIpc) is 3.04. The molecule has 0 unspecified atom stereocenters. The highest BCUT2D eigenvalue weighted by atomic mass is 19.1. The molecule has 1 aliphatic rings. The fourth-order valence-electron chi connectivity index (χ4n) is 3.89. The van der Waals surface area contributed by atoms with Crippen molar-refractivity contribution in [2.24, 2.45) is 0 Å². The van der Waals surface area contributed by atoms with E-state index in [1.165, 1.54) is 34.1 Å². The molecule has 0 bridgehead atoms. The number of carbonyl (C=O) groups excluding carboxylic acids is 2. The number of quaternary nitrogens is 1. The van der Waals surface area contributed by atoms with Gasteiger partial charge in [-0.3, -0.25) is 9.59 Å². The number of hydrogen-bond acceptors (Lipinski definition) is 4. The Labute approximate surface area is 181 Å². The number of carbonyl (C=O) groups is 2. The van der Waals surface area contributed by atoms with E-state index < -0.39 is 23.5 Å². The summed E-state index contributed by atoms with van der Waals surface area (Å²) in [5.41, 5.74) is 0.988. The van der Waals surface area contributed by atoms with Crippen LogP contribution in [0.15, 0.2) is 54.1 Å². The molecule has 2 aromatic carbocycles. The van der Waals surface area contributed by atoms with Crippen LogP contribution in [0.1, 0.15) is 31.0 Å². The number of halogens is 1. The molecule has 3 rings (SSSR count). The van der Waals surface area contributed by atoms with Gasteiger partial charge in [-0.1, -0.05) is 12.1 Å².